The second-order valence-electron chi connectivity index (χ2n) is 7.41. The molecular formula is C16H18F6O8S. The van der Waals surface area contributed by atoms with Crippen LogP contribution in [-0.4, -0.2) is 67.4 Å². The van der Waals surface area contributed by atoms with Crippen molar-refractivity contribution in [2.24, 2.45) is 11.8 Å². The van der Waals surface area contributed by atoms with Gasteiger partial charge in [0.15, 0.2) is 0 Å². The van der Waals surface area contributed by atoms with E-state index in [0.717, 1.165) is 0 Å². The van der Waals surface area contributed by atoms with Gasteiger partial charge in [0.25, 0.3) is 10.1 Å². The van der Waals surface area contributed by atoms with Crippen molar-refractivity contribution in [1.29, 1.82) is 0 Å². The van der Waals surface area contributed by atoms with Crippen LogP contribution < -0.4 is 0 Å². The average molecular weight is 484 g/mol. The predicted molar refractivity (Wildman–Crippen MR) is 88.0 cm³/mol. The normalized spacial score (nSPS) is 26.6. The Morgan fingerprint density at radius 1 is 1.13 bits per heavy atom. The van der Waals surface area contributed by atoms with Crippen LogP contribution >= 0.6 is 0 Å². The summed E-state index contributed by atoms with van der Waals surface area (Å²) in [4.78, 5) is 23.8. The first-order chi connectivity index (χ1) is 13.9. The third kappa shape index (κ3) is 5.31. The molecule has 0 saturated carbocycles. The van der Waals surface area contributed by atoms with Crippen LogP contribution in [0.1, 0.15) is 19.8 Å². The van der Waals surface area contributed by atoms with Gasteiger partial charge in [-0.1, -0.05) is 6.58 Å². The van der Waals surface area contributed by atoms with E-state index in [1.807, 2.05) is 0 Å². The molecule has 1 N–H and O–H groups in total. The average Bonchev–Trinajstić information content (AvgIpc) is 3.15. The van der Waals surface area contributed by atoms with Gasteiger partial charge >= 0.3 is 29.9 Å². The van der Waals surface area contributed by atoms with E-state index >= 15 is 0 Å². The Bertz CT molecular complexity index is 835. The maximum atomic E-state index is 13.3. The largest absolute Gasteiger partial charge is 0.462 e. The van der Waals surface area contributed by atoms with Crippen molar-refractivity contribution >= 4 is 22.1 Å². The van der Waals surface area contributed by atoms with Gasteiger partial charge in [-0.05, 0) is 19.8 Å². The maximum Gasteiger partial charge on any atom is 0.438 e. The second kappa shape index (κ2) is 8.24. The molecule has 2 fully saturated rings. The molecular weight excluding hydrogens is 466 g/mol. The second-order valence-corrected chi connectivity index (χ2v) is 8.86. The van der Waals surface area contributed by atoms with Gasteiger partial charge in [0.2, 0.25) is 0 Å². The summed E-state index contributed by atoms with van der Waals surface area (Å²) in [6.45, 7) is 4.37. The number of esters is 2. The number of carbonyl (C=O) groups excluding carboxylic acids is 2. The van der Waals surface area contributed by atoms with Gasteiger partial charge in [-0.3, -0.25) is 9.35 Å². The van der Waals surface area contributed by atoms with E-state index < -0.39 is 69.8 Å². The standard InChI is InChI=1S/C16H18F6O8S/c1-7(2)12(23)28-5-8-3-9-4-10(11(8)29-9)13(24)30-14(15(17,18)19,16(20,21)22)6-31(25,26)27/h8-11H,1,3-6H2,2H3,(H,25,26,27). The van der Waals surface area contributed by atoms with Crippen LogP contribution in [0.3, 0.4) is 0 Å². The molecule has 2 aliphatic heterocycles. The fraction of sp³-hybridized carbons (Fsp3) is 0.750. The molecule has 0 aromatic carbocycles. The molecule has 4 unspecified atom stereocenters. The van der Waals surface area contributed by atoms with E-state index in [4.69, 9.17) is 14.0 Å². The van der Waals surface area contributed by atoms with Crippen LogP contribution in [-0.2, 0) is 33.9 Å². The topological polar surface area (TPSA) is 116 Å². The van der Waals surface area contributed by atoms with E-state index in [2.05, 4.69) is 11.3 Å². The molecule has 0 aromatic rings. The van der Waals surface area contributed by atoms with Crippen LogP contribution in [0.15, 0.2) is 12.2 Å². The number of halogens is 6. The van der Waals surface area contributed by atoms with Gasteiger partial charge in [-0.2, -0.15) is 34.8 Å². The summed E-state index contributed by atoms with van der Waals surface area (Å²) >= 11 is 0. The summed E-state index contributed by atoms with van der Waals surface area (Å²) < 4.78 is 124. The molecule has 2 bridgehead atoms. The lowest BCUT2D eigenvalue weighted by Gasteiger charge is -2.37. The molecule has 4 atom stereocenters. The first-order valence-electron chi connectivity index (χ1n) is 8.67. The Kier molecular flexibility index (Phi) is 6.75. The molecule has 15 heteroatoms. The summed E-state index contributed by atoms with van der Waals surface area (Å²) in [5.74, 6) is -8.06. The van der Waals surface area contributed by atoms with Crippen LogP contribution in [0.5, 0.6) is 0 Å². The number of ether oxygens (including phenoxy) is 3. The Balaban J connectivity index is 2.26. The molecule has 2 saturated heterocycles. The van der Waals surface area contributed by atoms with E-state index in [9.17, 15) is 44.3 Å². The minimum absolute atomic E-state index is 0.0467. The fourth-order valence-corrected chi connectivity index (χ4v) is 4.43. The van der Waals surface area contributed by atoms with Crippen molar-refractivity contribution < 1.29 is 63.1 Å². The SMILES string of the molecule is C=C(C)C(=O)OCC1CC2CC(C(=O)OC(CS(=O)(=O)O)(C(F)(F)F)C(F)(F)F)C1O2. The highest BCUT2D eigenvalue weighted by Crippen LogP contribution is 2.49. The summed E-state index contributed by atoms with van der Waals surface area (Å²) in [5.41, 5.74) is -5.43. The molecule has 2 aliphatic rings. The van der Waals surface area contributed by atoms with E-state index in [0.29, 0.717) is 0 Å². The van der Waals surface area contributed by atoms with Crippen molar-refractivity contribution in [3.05, 3.63) is 12.2 Å². The van der Waals surface area contributed by atoms with Gasteiger partial charge in [-0.15, -0.1) is 0 Å². The minimum Gasteiger partial charge on any atom is -0.462 e. The zero-order valence-corrected chi connectivity index (χ0v) is 16.6. The Morgan fingerprint density at radius 2 is 1.68 bits per heavy atom. The number of rotatable bonds is 7. The van der Waals surface area contributed by atoms with Crippen LogP contribution in [0, 0.1) is 11.8 Å². The molecule has 0 radical (unpaired) electrons. The number of fused-ring (bicyclic) bond motifs is 2. The van der Waals surface area contributed by atoms with Gasteiger partial charge in [0.1, 0.15) is 5.75 Å². The predicted octanol–water partition coefficient (Wildman–Crippen LogP) is 2.19. The van der Waals surface area contributed by atoms with Crippen molar-refractivity contribution in [3.63, 3.8) is 0 Å². The minimum atomic E-state index is -6.41. The molecule has 31 heavy (non-hydrogen) atoms. The molecule has 0 aliphatic carbocycles. The van der Waals surface area contributed by atoms with Gasteiger partial charge in [-0.25, -0.2) is 4.79 Å². The fourth-order valence-electron chi connectivity index (χ4n) is 3.53. The summed E-state index contributed by atoms with van der Waals surface area (Å²) in [6.07, 6.45) is -14.8. The highest BCUT2D eigenvalue weighted by Gasteiger charge is 2.76. The summed E-state index contributed by atoms with van der Waals surface area (Å²) in [5, 5.41) is 0. The van der Waals surface area contributed by atoms with Crippen molar-refractivity contribution in [2.45, 2.75) is 49.9 Å². The number of hydrogen-bond acceptors (Lipinski definition) is 7. The quantitative estimate of drug-likeness (QED) is 0.253. The Labute approximate surface area is 172 Å². The lowest BCUT2D eigenvalue weighted by molar-refractivity contribution is -0.362. The van der Waals surface area contributed by atoms with E-state index in [-0.39, 0.29) is 25.0 Å². The number of carbonyl (C=O) groups is 2. The first kappa shape index (κ1) is 25.4. The van der Waals surface area contributed by atoms with Gasteiger partial charge < -0.3 is 14.2 Å². The van der Waals surface area contributed by atoms with Crippen LogP contribution in [0.2, 0.25) is 0 Å². The zero-order chi connectivity index (χ0) is 24.0. The smallest absolute Gasteiger partial charge is 0.438 e. The van der Waals surface area contributed by atoms with Gasteiger partial charge in [0, 0.05) is 11.5 Å². The molecule has 178 valence electrons. The lowest BCUT2D eigenvalue weighted by atomic mass is 9.81. The lowest BCUT2D eigenvalue weighted by Crippen LogP contribution is -2.64. The molecule has 2 heterocycles. The zero-order valence-electron chi connectivity index (χ0n) is 15.8. The Hall–Kier alpha value is -1.87. The molecule has 0 aromatic heterocycles. The van der Waals surface area contributed by atoms with Crippen molar-refractivity contribution in [1.82, 2.24) is 0 Å². The first-order valence-corrected chi connectivity index (χ1v) is 10.3. The van der Waals surface area contributed by atoms with Crippen molar-refractivity contribution in [3.8, 4) is 0 Å². The molecule has 0 spiro atoms. The number of alkyl halides is 6. The van der Waals surface area contributed by atoms with E-state index in [1.54, 1.807) is 0 Å². The molecule has 2 rings (SSSR count). The monoisotopic (exact) mass is 484 g/mol. The third-order valence-corrected chi connectivity index (χ3v) is 5.72. The van der Waals surface area contributed by atoms with Crippen LogP contribution in [0.25, 0.3) is 0 Å². The van der Waals surface area contributed by atoms with Gasteiger partial charge in [0.05, 0.1) is 24.7 Å². The number of hydrogen-bond donors (Lipinski definition) is 1. The maximum absolute atomic E-state index is 13.3. The highest BCUT2D eigenvalue weighted by molar-refractivity contribution is 7.85. The highest BCUT2D eigenvalue weighted by atomic mass is 32.2. The summed E-state index contributed by atoms with van der Waals surface area (Å²) in [7, 11) is -5.88. The Morgan fingerprint density at radius 3 is 2.10 bits per heavy atom. The van der Waals surface area contributed by atoms with Crippen LogP contribution in [0.4, 0.5) is 26.3 Å². The van der Waals surface area contributed by atoms with E-state index in [1.165, 1.54) is 6.92 Å². The third-order valence-electron chi connectivity index (χ3n) is 4.95. The summed E-state index contributed by atoms with van der Waals surface area (Å²) in [6, 6.07) is 0. The van der Waals surface area contributed by atoms with Crippen molar-refractivity contribution in [2.75, 3.05) is 12.4 Å². The molecule has 0 amide bonds. The molecule has 8 nitrogen and oxygen atoms in total.